The van der Waals surface area contributed by atoms with Gasteiger partial charge in [-0.05, 0) is 24.5 Å². The van der Waals surface area contributed by atoms with Crippen molar-refractivity contribution in [2.24, 2.45) is 5.73 Å². The molecule has 0 radical (unpaired) electrons. The van der Waals surface area contributed by atoms with E-state index in [1.54, 1.807) is 0 Å². The molecule has 0 fully saturated rings. The summed E-state index contributed by atoms with van der Waals surface area (Å²) in [5, 5.41) is 0.859. The lowest BCUT2D eigenvalue weighted by Gasteiger charge is -2.13. The maximum Gasteiger partial charge on any atom is 0.404 e. The summed E-state index contributed by atoms with van der Waals surface area (Å²) >= 11 is 1.30. The van der Waals surface area contributed by atoms with Crippen molar-refractivity contribution in [2.45, 2.75) is 62.4 Å². The van der Waals surface area contributed by atoms with E-state index in [-0.39, 0.29) is 12.5 Å². The molecular weight excluding hydrogens is 372 g/mol. The Hall–Kier alpha value is -2.09. The third-order valence-electron chi connectivity index (χ3n) is 3.93. The number of benzene rings is 1. The fourth-order valence-corrected chi connectivity index (χ4v) is 3.92. The molecular formula is C19H25F2N3O2S. The van der Waals surface area contributed by atoms with Crippen LogP contribution in [0.3, 0.4) is 0 Å². The first-order chi connectivity index (χ1) is 12.8. The number of aromatic nitrogens is 2. The maximum absolute atomic E-state index is 13.6. The lowest BCUT2D eigenvalue weighted by Crippen LogP contribution is -2.16. The van der Waals surface area contributed by atoms with Crippen molar-refractivity contribution in [3.8, 4) is 0 Å². The number of ether oxygens (including phenoxy) is 1. The SMILES string of the molecule is CCCCn1c(CCOC(N)=O)nc(C(C)C)c1Sc1cc(F)cc(F)c1. The number of amides is 1. The molecule has 1 heterocycles. The van der Waals surface area contributed by atoms with Crippen molar-refractivity contribution < 1.29 is 18.3 Å². The highest BCUT2D eigenvalue weighted by Crippen LogP contribution is 2.36. The zero-order chi connectivity index (χ0) is 20.0. The number of halogens is 2. The molecule has 1 aromatic carbocycles. The van der Waals surface area contributed by atoms with Crippen LogP contribution in [0.1, 0.15) is 51.0 Å². The number of primary amides is 1. The fraction of sp³-hybridized carbons (Fsp3) is 0.474. The van der Waals surface area contributed by atoms with E-state index >= 15 is 0 Å². The van der Waals surface area contributed by atoms with Crippen LogP contribution in [0.15, 0.2) is 28.1 Å². The molecule has 5 nitrogen and oxygen atoms in total. The highest BCUT2D eigenvalue weighted by Gasteiger charge is 2.21. The average Bonchev–Trinajstić information content (AvgIpc) is 2.89. The lowest BCUT2D eigenvalue weighted by molar-refractivity contribution is 0.157. The molecule has 0 aliphatic heterocycles. The first-order valence-corrected chi connectivity index (χ1v) is 9.79. The van der Waals surface area contributed by atoms with Gasteiger partial charge in [-0.1, -0.05) is 39.0 Å². The van der Waals surface area contributed by atoms with Crippen LogP contribution in [-0.4, -0.2) is 22.3 Å². The van der Waals surface area contributed by atoms with Crippen LogP contribution in [0.5, 0.6) is 0 Å². The van der Waals surface area contributed by atoms with Crippen molar-refractivity contribution in [1.29, 1.82) is 0 Å². The number of nitrogens with two attached hydrogens (primary N) is 1. The Kier molecular flexibility index (Phi) is 7.65. The average molecular weight is 397 g/mol. The van der Waals surface area contributed by atoms with E-state index in [0.29, 0.717) is 11.3 Å². The van der Waals surface area contributed by atoms with Gasteiger partial charge in [0.15, 0.2) is 0 Å². The zero-order valence-corrected chi connectivity index (χ0v) is 16.6. The minimum absolute atomic E-state index is 0.129. The maximum atomic E-state index is 13.6. The molecule has 148 valence electrons. The van der Waals surface area contributed by atoms with E-state index in [4.69, 9.17) is 15.5 Å². The first-order valence-electron chi connectivity index (χ1n) is 8.97. The fourth-order valence-electron chi connectivity index (χ4n) is 2.67. The first kappa shape index (κ1) is 21.2. The molecule has 0 aliphatic carbocycles. The van der Waals surface area contributed by atoms with E-state index in [0.717, 1.165) is 42.0 Å². The predicted octanol–water partition coefficient (Wildman–Crippen LogP) is 4.87. The van der Waals surface area contributed by atoms with Crippen LogP contribution in [0.4, 0.5) is 13.6 Å². The van der Waals surface area contributed by atoms with Crippen LogP contribution < -0.4 is 5.73 Å². The van der Waals surface area contributed by atoms with Gasteiger partial charge in [-0.3, -0.25) is 0 Å². The second-order valence-corrected chi connectivity index (χ2v) is 7.57. The number of imidazole rings is 1. The van der Waals surface area contributed by atoms with Gasteiger partial charge >= 0.3 is 6.09 Å². The monoisotopic (exact) mass is 397 g/mol. The van der Waals surface area contributed by atoms with Gasteiger partial charge in [0.25, 0.3) is 0 Å². The predicted molar refractivity (Wildman–Crippen MR) is 101 cm³/mol. The van der Waals surface area contributed by atoms with Crippen LogP contribution in [0.2, 0.25) is 0 Å². The number of carbonyl (C=O) groups excluding carboxylic acids is 1. The summed E-state index contributed by atoms with van der Waals surface area (Å²) in [5.74, 6) is -0.325. The van der Waals surface area contributed by atoms with Gasteiger partial charge in [-0.2, -0.15) is 0 Å². The van der Waals surface area contributed by atoms with Crippen molar-refractivity contribution in [2.75, 3.05) is 6.61 Å². The molecule has 2 N–H and O–H groups in total. The molecule has 0 unspecified atom stereocenters. The van der Waals surface area contributed by atoms with E-state index in [1.165, 1.54) is 23.9 Å². The Morgan fingerprint density at radius 3 is 2.52 bits per heavy atom. The minimum atomic E-state index is -0.824. The van der Waals surface area contributed by atoms with Crippen molar-refractivity contribution in [3.05, 3.63) is 41.4 Å². The lowest BCUT2D eigenvalue weighted by atomic mass is 10.1. The Bertz CT molecular complexity index is 773. The Balaban J connectivity index is 2.41. The topological polar surface area (TPSA) is 70.1 Å². The Morgan fingerprint density at radius 2 is 1.96 bits per heavy atom. The highest BCUT2D eigenvalue weighted by atomic mass is 32.2. The minimum Gasteiger partial charge on any atom is -0.449 e. The summed E-state index contributed by atoms with van der Waals surface area (Å²) < 4.78 is 34.1. The van der Waals surface area contributed by atoms with Gasteiger partial charge < -0.3 is 15.0 Å². The van der Waals surface area contributed by atoms with Gasteiger partial charge in [0.2, 0.25) is 0 Å². The molecule has 1 aromatic heterocycles. The van der Waals surface area contributed by atoms with E-state index in [9.17, 15) is 13.6 Å². The molecule has 0 bridgehead atoms. The number of nitrogens with zero attached hydrogens (tertiary/aromatic N) is 2. The van der Waals surface area contributed by atoms with Crippen LogP contribution in [0.25, 0.3) is 0 Å². The van der Waals surface area contributed by atoms with Gasteiger partial charge in [0.1, 0.15) is 29.1 Å². The largest absolute Gasteiger partial charge is 0.449 e. The summed E-state index contributed by atoms with van der Waals surface area (Å²) in [7, 11) is 0. The summed E-state index contributed by atoms with van der Waals surface area (Å²) in [5.41, 5.74) is 5.88. The third-order valence-corrected chi connectivity index (χ3v) is 5.02. The van der Waals surface area contributed by atoms with Crippen molar-refractivity contribution in [1.82, 2.24) is 9.55 Å². The third kappa shape index (κ3) is 5.95. The summed E-state index contributed by atoms with van der Waals surface area (Å²) in [6, 6.07) is 3.48. The van der Waals surface area contributed by atoms with Crippen LogP contribution in [-0.2, 0) is 17.7 Å². The molecule has 0 spiro atoms. The van der Waals surface area contributed by atoms with Crippen LogP contribution in [0, 0.1) is 11.6 Å². The van der Waals surface area contributed by atoms with E-state index in [2.05, 4.69) is 11.5 Å². The van der Waals surface area contributed by atoms with Gasteiger partial charge in [0.05, 0.1) is 5.69 Å². The second-order valence-electron chi connectivity index (χ2n) is 6.50. The number of hydrogen-bond acceptors (Lipinski definition) is 4. The zero-order valence-electron chi connectivity index (χ0n) is 15.8. The molecule has 0 aliphatic rings. The molecule has 27 heavy (non-hydrogen) atoms. The van der Waals surface area contributed by atoms with Gasteiger partial charge in [0, 0.05) is 23.9 Å². The van der Waals surface area contributed by atoms with Crippen molar-refractivity contribution >= 4 is 17.9 Å². The van der Waals surface area contributed by atoms with Gasteiger partial charge in [-0.15, -0.1) is 0 Å². The second kappa shape index (κ2) is 9.73. The molecule has 2 rings (SSSR count). The molecule has 0 atom stereocenters. The van der Waals surface area contributed by atoms with Crippen LogP contribution >= 0.6 is 11.8 Å². The Labute approximate surface area is 162 Å². The van der Waals surface area contributed by atoms with E-state index in [1.807, 2.05) is 13.8 Å². The molecule has 2 aromatic rings. The molecule has 0 saturated carbocycles. The normalized spacial score (nSPS) is 11.2. The summed E-state index contributed by atoms with van der Waals surface area (Å²) in [6.45, 7) is 6.99. The number of unbranched alkanes of at least 4 members (excludes halogenated alkanes) is 1. The summed E-state index contributed by atoms with van der Waals surface area (Å²) in [6.07, 6.45) is 1.52. The number of carbonyl (C=O) groups is 1. The molecule has 0 saturated heterocycles. The highest BCUT2D eigenvalue weighted by molar-refractivity contribution is 7.99. The van der Waals surface area contributed by atoms with E-state index < -0.39 is 17.7 Å². The summed E-state index contributed by atoms with van der Waals surface area (Å²) in [4.78, 5) is 16.0. The number of rotatable bonds is 9. The standard InChI is InChI=1S/C19H25F2N3O2S/c1-4-5-7-24-16(6-8-26-19(22)25)23-17(12(2)3)18(24)27-15-10-13(20)9-14(21)11-15/h9-12H,4-8H2,1-3H3,(H2,22,25). The van der Waals surface area contributed by atoms with Crippen molar-refractivity contribution in [3.63, 3.8) is 0 Å². The smallest absolute Gasteiger partial charge is 0.404 e. The van der Waals surface area contributed by atoms with Gasteiger partial charge in [-0.25, -0.2) is 18.6 Å². The molecule has 8 heteroatoms. The Morgan fingerprint density at radius 1 is 1.30 bits per heavy atom. The molecule has 1 amide bonds. The number of hydrogen-bond donors (Lipinski definition) is 1. The quantitative estimate of drug-likeness (QED) is 0.655.